The quantitative estimate of drug-likeness (QED) is 0.551. The van der Waals surface area contributed by atoms with Gasteiger partial charge >= 0.3 is 0 Å². The Morgan fingerprint density at radius 2 is 1.55 bits per heavy atom. The molecule has 0 aliphatic heterocycles. The second kappa shape index (κ2) is 10.5. The van der Waals surface area contributed by atoms with Crippen molar-refractivity contribution in [1.82, 2.24) is 10.2 Å². The third-order valence-corrected chi connectivity index (χ3v) is 5.77. The minimum Gasteiger partial charge on any atom is -0.352 e. The van der Waals surface area contributed by atoms with Gasteiger partial charge in [-0.3, -0.25) is 9.59 Å². The number of nitrogens with zero attached hydrogens (tertiary/aromatic N) is 1. The Balaban J connectivity index is 2.33. The number of halogens is 4. The number of benzene rings is 2. The van der Waals surface area contributed by atoms with Gasteiger partial charge in [-0.2, -0.15) is 0 Å². The lowest BCUT2D eigenvalue weighted by atomic mass is 10.1. The zero-order valence-electron chi connectivity index (χ0n) is 16.3. The molecule has 0 heterocycles. The molecule has 0 radical (unpaired) electrons. The number of amides is 2. The fourth-order valence-electron chi connectivity index (χ4n) is 2.77. The highest BCUT2D eigenvalue weighted by Crippen LogP contribution is 2.27. The summed E-state index contributed by atoms with van der Waals surface area (Å²) < 4.78 is 0. The molecule has 2 aromatic carbocycles. The van der Waals surface area contributed by atoms with E-state index in [2.05, 4.69) is 5.32 Å². The first-order valence-electron chi connectivity index (χ1n) is 9.06. The molecule has 0 saturated carbocycles. The van der Waals surface area contributed by atoms with Gasteiger partial charge in [-0.25, -0.2) is 0 Å². The second-order valence-corrected chi connectivity index (χ2v) is 8.62. The van der Waals surface area contributed by atoms with Crippen molar-refractivity contribution in [2.45, 2.75) is 45.8 Å². The summed E-state index contributed by atoms with van der Waals surface area (Å²) in [4.78, 5) is 27.2. The average Bonchev–Trinajstić information content (AvgIpc) is 2.63. The number of carbonyl (C=O) groups excluding carboxylic acids is 2. The highest BCUT2D eigenvalue weighted by molar-refractivity contribution is 6.42. The molecule has 1 atom stereocenters. The molecule has 0 unspecified atom stereocenters. The van der Waals surface area contributed by atoms with Gasteiger partial charge in [0.2, 0.25) is 11.8 Å². The maximum absolute atomic E-state index is 13.2. The zero-order valence-corrected chi connectivity index (χ0v) is 19.3. The summed E-state index contributed by atoms with van der Waals surface area (Å²) in [6.45, 7) is 5.50. The fraction of sp³-hybridized carbons (Fsp3) is 0.333. The maximum Gasteiger partial charge on any atom is 0.242 e. The predicted octanol–water partition coefficient (Wildman–Crippen LogP) is 5.78. The fourth-order valence-corrected chi connectivity index (χ4v) is 3.60. The average molecular weight is 476 g/mol. The number of hydrogen-bond acceptors (Lipinski definition) is 2. The molecule has 4 nitrogen and oxygen atoms in total. The number of carbonyl (C=O) groups is 2. The molecule has 0 bridgehead atoms. The van der Waals surface area contributed by atoms with Gasteiger partial charge in [0.1, 0.15) is 6.04 Å². The van der Waals surface area contributed by atoms with Gasteiger partial charge in [-0.1, -0.05) is 58.5 Å². The van der Waals surface area contributed by atoms with Crippen molar-refractivity contribution in [3.63, 3.8) is 0 Å². The maximum atomic E-state index is 13.2. The molecule has 156 valence electrons. The van der Waals surface area contributed by atoms with E-state index in [0.717, 1.165) is 0 Å². The topological polar surface area (TPSA) is 49.4 Å². The molecule has 2 rings (SSSR count). The summed E-state index contributed by atoms with van der Waals surface area (Å²) in [5.41, 5.74) is 1.28. The van der Waals surface area contributed by atoms with Gasteiger partial charge in [0.15, 0.2) is 0 Å². The highest BCUT2D eigenvalue weighted by Gasteiger charge is 2.28. The minimum atomic E-state index is -0.722. The lowest BCUT2D eigenvalue weighted by Crippen LogP contribution is -2.49. The van der Waals surface area contributed by atoms with Crippen molar-refractivity contribution in [2.75, 3.05) is 0 Å². The molecule has 0 aliphatic carbocycles. The lowest BCUT2D eigenvalue weighted by molar-refractivity contribution is -0.140. The van der Waals surface area contributed by atoms with E-state index in [9.17, 15) is 9.59 Å². The van der Waals surface area contributed by atoms with Crippen LogP contribution in [0.2, 0.25) is 20.1 Å². The van der Waals surface area contributed by atoms with Crippen molar-refractivity contribution in [2.24, 2.45) is 0 Å². The molecule has 0 aromatic heterocycles. The molecule has 0 spiro atoms. The first-order valence-corrected chi connectivity index (χ1v) is 10.6. The van der Waals surface area contributed by atoms with Gasteiger partial charge in [0.05, 0.1) is 16.5 Å². The number of rotatable bonds is 7. The van der Waals surface area contributed by atoms with E-state index in [1.165, 1.54) is 4.90 Å². The first kappa shape index (κ1) is 23.8. The van der Waals surface area contributed by atoms with Crippen LogP contribution in [0.1, 0.15) is 31.9 Å². The van der Waals surface area contributed by atoms with Crippen molar-refractivity contribution in [3.05, 3.63) is 67.6 Å². The van der Waals surface area contributed by atoms with E-state index in [1.54, 1.807) is 43.3 Å². The largest absolute Gasteiger partial charge is 0.352 e. The summed E-state index contributed by atoms with van der Waals surface area (Å²) in [6, 6.07) is 9.35. The second-order valence-electron chi connectivity index (χ2n) is 6.99. The van der Waals surface area contributed by atoms with Crippen LogP contribution >= 0.6 is 46.4 Å². The van der Waals surface area contributed by atoms with Gasteiger partial charge in [-0.05, 0) is 50.6 Å². The molecule has 0 fully saturated rings. The van der Waals surface area contributed by atoms with E-state index in [0.29, 0.717) is 31.2 Å². The monoisotopic (exact) mass is 474 g/mol. The summed E-state index contributed by atoms with van der Waals surface area (Å²) in [6.07, 6.45) is 0.0538. The summed E-state index contributed by atoms with van der Waals surface area (Å²) in [5.74, 6) is -0.517. The van der Waals surface area contributed by atoms with Gasteiger partial charge in [0, 0.05) is 28.2 Å². The Hall–Kier alpha value is -1.46. The molecule has 2 amide bonds. The van der Waals surface area contributed by atoms with Gasteiger partial charge in [-0.15, -0.1) is 0 Å². The third kappa shape index (κ3) is 6.51. The molecule has 0 saturated heterocycles. The van der Waals surface area contributed by atoms with Crippen LogP contribution < -0.4 is 5.32 Å². The van der Waals surface area contributed by atoms with Gasteiger partial charge < -0.3 is 10.2 Å². The number of hydrogen-bond donors (Lipinski definition) is 1. The minimum absolute atomic E-state index is 0.0538. The predicted molar refractivity (Wildman–Crippen MR) is 120 cm³/mol. The Labute approximate surface area is 191 Å². The Morgan fingerprint density at radius 3 is 2.10 bits per heavy atom. The molecule has 1 N–H and O–H groups in total. The number of nitrogens with one attached hydrogen (secondary N) is 1. The Morgan fingerprint density at radius 1 is 0.931 bits per heavy atom. The summed E-state index contributed by atoms with van der Waals surface area (Å²) in [7, 11) is 0. The van der Waals surface area contributed by atoms with E-state index in [-0.39, 0.29) is 30.8 Å². The van der Waals surface area contributed by atoms with Crippen LogP contribution in [0.4, 0.5) is 0 Å². The normalized spacial score (nSPS) is 12.0. The molecular weight excluding hydrogens is 454 g/mol. The molecule has 8 heteroatoms. The van der Waals surface area contributed by atoms with Crippen LogP contribution in [-0.2, 0) is 22.6 Å². The SMILES string of the molecule is CC(C)NC(=O)[C@H](C)N(Cc1c(Cl)cccc1Cl)C(=O)Cc1ccc(Cl)c(Cl)c1. The Bertz CT molecular complexity index is 882. The van der Waals surface area contributed by atoms with Crippen molar-refractivity contribution in [3.8, 4) is 0 Å². The zero-order chi connectivity index (χ0) is 21.7. The summed E-state index contributed by atoms with van der Waals surface area (Å²) in [5, 5.41) is 4.47. The van der Waals surface area contributed by atoms with Crippen LogP contribution in [0.5, 0.6) is 0 Å². The van der Waals surface area contributed by atoms with Crippen LogP contribution in [0.15, 0.2) is 36.4 Å². The molecule has 0 aliphatic rings. The van der Waals surface area contributed by atoms with Crippen molar-refractivity contribution >= 4 is 58.2 Å². The molecular formula is C21H22Cl4N2O2. The standard InChI is InChI=1S/C21H22Cl4N2O2/c1-12(2)26-21(29)13(3)27(11-15-16(22)5-4-6-17(15)23)20(28)10-14-7-8-18(24)19(25)9-14/h4-9,12-13H,10-11H2,1-3H3,(H,26,29)/t13-/m0/s1. The van der Waals surface area contributed by atoms with E-state index in [4.69, 9.17) is 46.4 Å². The van der Waals surface area contributed by atoms with Crippen LogP contribution in [0.3, 0.4) is 0 Å². The molecule has 2 aromatic rings. The van der Waals surface area contributed by atoms with E-state index < -0.39 is 6.04 Å². The highest BCUT2D eigenvalue weighted by atomic mass is 35.5. The van der Waals surface area contributed by atoms with Crippen molar-refractivity contribution < 1.29 is 9.59 Å². The third-order valence-electron chi connectivity index (χ3n) is 4.33. The van der Waals surface area contributed by atoms with E-state index >= 15 is 0 Å². The smallest absolute Gasteiger partial charge is 0.242 e. The summed E-state index contributed by atoms with van der Waals surface area (Å²) >= 11 is 24.6. The first-order chi connectivity index (χ1) is 13.6. The van der Waals surface area contributed by atoms with Crippen LogP contribution in [-0.4, -0.2) is 28.8 Å². The Kier molecular flexibility index (Phi) is 8.65. The van der Waals surface area contributed by atoms with Crippen LogP contribution in [0.25, 0.3) is 0 Å². The molecule has 29 heavy (non-hydrogen) atoms. The van der Waals surface area contributed by atoms with Gasteiger partial charge in [0.25, 0.3) is 0 Å². The van der Waals surface area contributed by atoms with Crippen molar-refractivity contribution in [1.29, 1.82) is 0 Å². The van der Waals surface area contributed by atoms with E-state index in [1.807, 2.05) is 13.8 Å². The van der Waals surface area contributed by atoms with Crippen LogP contribution in [0, 0.1) is 0 Å². The lowest BCUT2D eigenvalue weighted by Gasteiger charge is -2.30.